The van der Waals surface area contributed by atoms with Crippen molar-refractivity contribution in [2.24, 2.45) is 7.05 Å². The van der Waals surface area contributed by atoms with E-state index in [9.17, 15) is 21.6 Å². The first-order valence-electron chi connectivity index (χ1n) is 9.95. The van der Waals surface area contributed by atoms with E-state index in [1.165, 1.54) is 10.9 Å². The van der Waals surface area contributed by atoms with Crippen molar-refractivity contribution >= 4 is 15.7 Å². The van der Waals surface area contributed by atoms with Gasteiger partial charge in [0, 0.05) is 63.0 Å². The fraction of sp³-hybridized carbons (Fsp3) is 0.368. The zero-order valence-electron chi connectivity index (χ0n) is 17.4. The van der Waals surface area contributed by atoms with Crippen molar-refractivity contribution in [1.82, 2.24) is 38.2 Å². The molecule has 0 aliphatic carbocycles. The molecule has 14 heteroatoms. The molecule has 33 heavy (non-hydrogen) atoms. The minimum absolute atomic E-state index is 0.0625. The Morgan fingerprint density at radius 3 is 2.58 bits per heavy atom. The zero-order valence-corrected chi connectivity index (χ0v) is 18.2. The molecule has 0 aromatic carbocycles. The van der Waals surface area contributed by atoms with Crippen molar-refractivity contribution in [2.45, 2.75) is 17.7 Å². The number of hydrogen-bond acceptors (Lipinski definition) is 6. The summed E-state index contributed by atoms with van der Waals surface area (Å²) >= 11 is 0. The largest absolute Gasteiger partial charge is 0.350 e. The number of imidazole rings is 1. The molecule has 0 atom stereocenters. The van der Waals surface area contributed by atoms with Crippen LogP contribution in [0, 0.1) is 0 Å². The first-order chi connectivity index (χ1) is 15.7. The minimum atomic E-state index is -4.73. The van der Waals surface area contributed by atoms with Gasteiger partial charge in [0.05, 0.1) is 35.9 Å². The van der Waals surface area contributed by atoms with Crippen molar-refractivity contribution in [2.75, 3.05) is 19.8 Å². The molecule has 1 saturated heterocycles. The van der Waals surface area contributed by atoms with Crippen molar-refractivity contribution in [3.63, 3.8) is 0 Å². The lowest BCUT2D eigenvalue weighted by molar-refractivity contribution is 0.0454. The summed E-state index contributed by atoms with van der Waals surface area (Å²) in [5.74, 6) is -3.01. The fourth-order valence-corrected chi connectivity index (χ4v) is 5.09. The van der Waals surface area contributed by atoms with Gasteiger partial charge in [0.15, 0.2) is 0 Å². The first kappa shape index (κ1) is 21.6. The molecule has 0 N–H and O–H groups in total. The lowest BCUT2D eigenvalue weighted by atomic mass is 9.89. The van der Waals surface area contributed by atoms with E-state index < -0.39 is 28.0 Å². The highest BCUT2D eigenvalue weighted by atomic mass is 32.2. The molecular weight excluding hydrogens is 461 g/mol. The summed E-state index contributed by atoms with van der Waals surface area (Å²) in [6, 6.07) is 1.81. The molecule has 10 nitrogen and oxygen atoms in total. The molecule has 0 saturated carbocycles. The van der Waals surface area contributed by atoms with Crippen molar-refractivity contribution in [1.29, 1.82) is 0 Å². The Hall–Kier alpha value is -3.26. The number of rotatable bonds is 7. The third kappa shape index (κ3) is 3.49. The van der Waals surface area contributed by atoms with E-state index in [-0.39, 0.29) is 19.5 Å². The number of alkyl halides is 3. The number of sulfonamides is 1. The monoisotopic (exact) mass is 480 g/mol. The quantitative estimate of drug-likeness (QED) is 0.400. The zero-order chi connectivity index (χ0) is 23.4. The molecule has 0 bridgehead atoms. The number of fused-ring (bicyclic) bond motifs is 1. The van der Waals surface area contributed by atoms with Crippen LogP contribution >= 0.6 is 0 Å². The highest BCUT2D eigenvalue weighted by molar-refractivity contribution is 7.89. The summed E-state index contributed by atoms with van der Waals surface area (Å²) in [7, 11) is -2.94. The molecule has 174 valence electrons. The summed E-state index contributed by atoms with van der Waals surface area (Å²) < 4.78 is 68.2. The maximum Gasteiger partial charge on any atom is 0.350 e. The summed E-state index contributed by atoms with van der Waals surface area (Å²) in [6.45, 7) is -1.32. The molecule has 1 aliphatic heterocycles. The number of halogens is 3. The van der Waals surface area contributed by atoms with Gasteiger partial charge >= 0.3 is 5.76 Å². The van der Waals surface area contributed by atoms with Crippen molar-refractivity contribution < 1.29 is 21.6 Å². The average molecular weight is 480 g/mol. The fourth-order valence-electron chi connectivity index (χ4n) is 4.02. The Morgan fingerprint density at radius 2 is 1.91 bits per heavy atom. The molecule has 4 aromatic heterocycles. The number of hydrogen-bond donors (Lipinski definition) is 0. The van der Waals surface area contributed by atoms with Crippen LogP contribution in [0.5, 0.6) is 0 Å². The van der Waals surface area contributed by atoms with Crippen LogP contribution in [0.1, 0.15) is 6.42 Å². The van der Waals surface area contributed by atoms with E-state index in [1.54, 1.807) is 40.9 Å². The summed E-state index contributed by atoms with van der Waals surface area (Å²) in [6.07, 6.45) is 9.94. The second-order valence-electron chi connectivity index (χ2n) is 7.93. The Balaban J connectivity index is 1.53. The van der Waals surface area contributed by atoms with Gasteiger partial charge in [-0.15, -0.1) is 0 Å². The standard InChI is InChI=1S/C19H19F3N8O2S/c1-27-9-13(7-24-27)15-6-16-23-4-5-29(16)17(26-15)14-8-25-30(10-14)19(2-3-20)11-28(12-19)33(31,32)18(21)22/h4-10,18H,2-3,11-12H2,1H3. The molecule has 0 radical (unpaired) electrons. The topological polar surface area (TPSA) is 103 Å². The van der Waals surface area contributed by atoms with E-state index >= 15 is 0 Å². The van der Waals surface area contributed by atoms with E-state index in [1.807, 2.05) is 12.3 Å². The highest BCUT2D eigenvalue weighted by Crippen LogP contribution is 2.37. The van der Waals surface area contributed by atoms with Gasteiger partial charge in [-0.3, -0.25) is 18.2 Å². The van der Waals surface area contributed by atoms with Crippen molar-refractivity contribution in [3.8, 4) is 22.6 Å². The molecule has 1 aliphatic rings. The van der Waals surface area contributed by atoms with Crippen LogP contribution in [0.15, 0.2) is 43.2 Å². The van der Waals surface area contributed by atoms with E-state index in [2.05, 4.69) is 15.2 Å². The predicted molar refractivity (Wildman–Crippen MR) is 111 cm³/mol. The maximum atomic E-state index is 13.3. The predicted octanol–water partition coefficient (Wildman–Crippen LogP) is 1.92. The average Bonchev–Trinajstić information content (AvgIpc) is 3.49. The smallest absolute Gasteiger partial charge is 0.284 e. The van der Waals surface area contributed by atoms with Gasteiger partial charge in [-0.1, -0.05) is 0 Å². The molecule has 1 fully saturated rings. The first-order valence-corrected chi connectivity index (χ1v) is 11.5. The SMILES string of the molecule is Cn1cc(-c2cc3nccn3c(-c3cnn(C4(CCF)CN(S(=O)(=O)C(F)F)C4)c3)n2)cn1. The lowest BCUT2D eigenvalue weighted by Gasteiger charge is -2.48. The van der Waals surface area contributed by atoms with Gasteiger partial charge in [-0.25, -0.2) is 18.4 Å². The van der Waals surface area contributed by atoms with Gasteiger partial charge in [0.2, 0.25) is 0 Å². The van der Waals surface area contributed by atoms with Crippen LogP contribution in [0.3, 0.4) is 0 Å². The Kier molecular flexibility index (Phi) is 5.01. The van der Waals surface area contributed by atoms with Crippen molar-refractivity contribution in [3.05, 3.63) is 43.2 Å². The van der Waals surface area contributed by atoms with E-state index in [4.69, 9.17) is 4.98 Å². The summed E-state index contributed by atoms with van der Waals surface area (Å²) in [5, 5.41) is 8.48. The van der Waals surface area contributed by atoms with Crippen LogP contribution < -0.4 is 0 Å². The molecule has 5 heterocycles. The second-order valence-corrected chi connectivity index (χ2v) is 9.84. The van der Waals surface area contributed by atoms with Crippen LogP contribution in [-0.2, 0) is 22.6 Å². The molecule has 0 spiro atoms. The number of aromatic nitrogens is 7. The minimum Gasteiger partial charge on any atom is -0.284 e. The van der Waals surface area contributed by atoms with Gasteiger partial charge in [0.1, 0.15) is 11.5 Å². The van der Waals surface area contributed by atoms with Gasteiger partial charge < -0.3 is 0 Å². The Labute approximate surface area is 186 Å². The summed E-state index contributed by atoms with van der Waals surface area (Å²) in [5.41, 5.74) is 1.60. The maximum absolute atomic E-state index is 13.3. The molecular formula is C19H19F3N8O2S. The van der Waals surface area contributed by atoms with Gasteiger partial charge in [-0.05, 0) is 0 Å². The third-order valence-electron chi connectivity index (χ3n) is 5.80. The highest BCUT2D eigenvalue weighted by Gasteiger charge is 2.52. The van der Waals surface area contributed by atoms with Gasteiger partial charge in [0.25, 0.3) is 10.0 Å². The summed E-state index contributed by atoms with van der Waals surface area (Å²) in [4.78, 5) is 9.06. The lowest BCUT2D eigenvalue weighted by Crippen LogP contribution is -2.65. The molecule has 0 unspecified atom stereocenters. The third-order valence-corrected chi connectivity index (χ3v) is 7.23. The van der Waals surface area contributed by atoms with Crippen LogP contribution in [-0.4, -0.2) is 72.2 Å². The normalized spacial score (nSPS) is 16.5. The van der Waals surface area contributed by atoms with Crippen LogP contribution in [0.4, 0.5) is 13.2 Å². The Bertz CT molecular complexity index is 1420. The van der Waals surface area contributed by atoms with E-state index in [0.29, 0.717) is 27.0 Å². The second kappa shape index (κ2) is 7.66. The van der Waals surface area contributed by atoms with E-state index in [0.717, 1.165) is 5.56 Å². The number of nitrogens with zero attached hydrogens (tertiary/aromatic N) is 8. The van der Waals surface area contributed by atoms with Crippen LogP contribution in [0.25, 0.3) is 28.3 Å². The number of aryl methyl sites for hydroxylation is 1. The van der Waals surface area contributed by atoms with Crippen LogP contribution in [0.2, 0.25) is 0 Å². The van der Waals surface area contributed by atoms with Gasteiger partial charge in [-0.2, -0.15) is 23.3 Å². The Morgan fingerprint density at radius 1 is 1.15 bits per heavy atom. The molecule has 4 aromatic rings. The molecule has 5 rings (SSSR count). The molecule has 0 amide bonds.